The molecule has 0 spiro atoms. The number of amides is 1. The van der Waals surface area contributed by atoms with E-state index in [1.165, 1.54) is 13.1 Å². The number of rotatable bonds is 5. The number of carbonyl (C=O) groups excluding carboxylic acids is 1. The molecule has 0 bridgehead atoms. The van der Waals surface area contributed by atoms with E-state index in [4.69, 9.17) is 4.42 Å². The van der Waals surface area contributed by atoms with Gasteiger partial charge in [-0.1, -0.05) is 26.8 Å². The number of oxazole rings is 1. The molecule has 0 unspecified atom stereocenters. The van der Waals surface area contributed by atoms with E-state index in [2.05, 4.69) is 10.3 Å². The molecule has 0 radical (unpaired) electrons. The van der Waals surface area contributed by atoms with Crippen LogP contribution in [0.1, 0.15) is 26.7 Å². The van der Waals surface area contributed by atoms with Gasteiger partial charge in [0.1, 0.15) is 9.73 Å². The van der Waals surface area contributed by atoms with Crippen LogP contribution in [-0.4, -0.2) is 37.2 Å². The predicted octanol–water partition coefficient (Wildman–Crippen LogP) is 3.45. The molecule has 0 saturated heterocycles. The van der Waals surface area contributed by atoms with Gasteiger partial charge in [-0.3, -0.25) is 4.79 Å². The fraction of sp³-hybridized carbons (Fsp3) is 0.333. The molecule has 0 aliphatic rings. The molecule has 3 aromatic rings. The van der Waals surface area contributed by atoms with Crippen LogP contribution in [0.2, 0.25) is 0 Å². The third-order valence-electron chi connectivity index (χ3n) is 3.84. The molecule has 0 saturated carbocycles. The molecule has 0 fully saturated rings. The van der Waals surface area contributed by atoms with Crippen LogP contribution in [0.4, 0.5) is 5.69 Å². The SMILES string of the molecule is CN(CC(=O)Nc1ccc2oc(C(C)(C)C)nc2c1)S(=O)(=O)c1cccs1. The maximum absolute atomic E-state index is 12.4. The highest BCUT2D eigenvalue weighted by molar-refractivity contribution is 7.91. The van der Waals surface area contributed by atoms with Crippen LogP contribution in [0.5, 0.6) is 0 Å². The zero-order valence-corrected chi connectivity index (χ0v) is 17.1. The third-order valence-corrected chi connectivity index (χ3v) is 7.02. The van der Waals surface area contributed by atoms with E-state index in [0.717, 1.165) is 15.6 Å². The summed E-state index contributed by atoms with van der Waals surface area (Å²) in [6.45, 7) is 5.73. The molecule has 0 aliphatic carbocycles. The Balaban J connectivity index is 1.72. The van der Waals surface area contributed by atoms with Crippen LogP contribution in [0.15, 0.2) is 44.3 Å². The van der Waals surface area contributed by atoms with E-state index in [1.54, 1.807) is 29.6 Å². The zero-order chi connectivity index (χ0) is 19.8. The van der Waals surface area contributed by atoms with Crippen molar-refractivity contribution in [2.75, 3.05) is 18.9 Å². The van der Waals surface area contributed by atoms with Gasteiger partial charge in [0.05, 0.1) is 6.54 Å². The monoisotopic (exact) mass is 407 g/mol. The quantitative estimate of drug-likeness (QED) is 0.699. The van der Waals surface area contributed by atoms with E-state index in [1.807, 2.05) is 20.8 Å². The molecule has 2 aromatic heterocycles. The minimum absolute atomic E-state index is 0.205. The number of likely N-dealkylation sites (N-methyl/N-ethyl adjacent to an activating group) is 1. The fourth-order valence-corrected chi connectivity index (χ4v) is 4.71. The van der Waals surface area contributed by atoms with Crippen molar-refractivity contribution in [1.82, 2.24) is 9.29 Å². The lowest BCUT2D eigenvalue weighted by Crippen LogP contribution is -2.34. The van der Waals surface area contributed by atoms with Crippen LogP contribution in [0, 0.1) is 0 Å². The van der Waals surface area contributed by atoms with E-state index in [0.29, 0.717) is 22.7 Å². The molecular formula is C18H21N3O4S2. The van der Waals surface area contributed by atoms with Gasteiger partial charge in [-0.05, 0) is 29.6 Å². The van der Waals surface area contributed by atoms with Gasteiger partial charge in [-0.15, -0.1) is 11.3 Å². The summed E-state index contributed by atoms with van der Waals surface area (Å²) in [4.78, 5) is 16.7. The molecule has 0 atom stereocenters. The molecule has 144 valence electrons. The summed E-state index contributed by atoms with van der Waals surface area (Å²) < 4.78 is 31.7. The number of nitrogens with one attached hydrogen (secondary N) is 1. The van der Waals surface area contributed by atoms with Crippen LogP contribution in [-0.2, 0) is 20.2 Å². The standard InChI is InChI=1S/C18H21N3O4S2/c1-18(2,3)17-20-13-10-12(7-8-14(13)25-17)19-15(22)11-21(4)27(23,24)16-6-5-9-26-16/h5-10H,11H2,1-4H3,(H,19,22). The molecule has 1 aromatic carbocycles. The van der Waals surface area contributed by atoms with Crippen LogP contribution < -0.4 is 5.32 Å². The highest BCUT2D eigenvalue weighted by Crippen LogP contribution is 2.27. The maximum atomic E-state index is 12.4. The highest BCUT2D eigenvalue weighted by Gasteiger charge is 2.24. The van der Waals surface area contributed by atoms with Gasteiger partial charge in [0, 0.05) is 18.2 Å². The Kier molecular flexibility index (Phi) is 5.11. The normalized spacial score (nSPS) is 12.6. The van der Waals surface area contributed by atoms with Crippen molar-refractivity contribution in [2.24, 2.45) is 0 Å². The average Bonchev–Trinajstić information content (AvgIpc) is 3.23. The fourth-order valence-electron chi connectivity index (χ4n) is 2.38. The molecule has 1 amide bonds. The summed E-state index contributed by atoms with van der Waals surface area (Å²) in [7, 11) is -2.29. The first-order chi connectivity index (χ1) is 12.6. The average molecular weight is 408 g/mol. The van der Waals surface area contributed by atoms with Crippen molar-refractivity contribution in [2.45, 2.75) is 30.4 Å². The summed E-state index contributed by atoms with van der Waals surface area (Å²) in [5.41, 5.74) is 1.58. The summed E-state index contributed by atoms with van der Waals surface area (Å²) in [5, 5.41) is 4.39. The molecule has 3 rings (SSSR count). The van der Waals surface area contributed by atoms with Gasteiger partial charge in [-0.2, -0.15) is 4.31 Å². The minimum atomic E-state index is -3.67. The largest absolute Gasteiger partial charge is 0.440 e. The first-order valence-corrected chi connectivity index (χ1v) is 10.6. The van der Waals surface area contributed by atoms with E-state index >= 15 is 0 Å². The topological polar surface area (TPSA) is 92.5 Å². The number of hydrogen-bond acceptors (Lipinski definition) is 6. The summed E-state index contributed by atoms with van der Waals surface area (Å²) in [6.07, 6.45) is 0. The van der Waals surface area contributed by atoms with Gasteiger partial charge >= 0.3 is 0 Å². The van der Waals surface area contributed by atoms with Gasteiger partial charge in [0.2, 0.25) is 11.8 Å². The van der Waals surface area contributed by atoms with Gasteiger partial charge in [0.25, 0.3) is 10.0 Å². The van der Waals surface area contributed by atoms with Gasteiger partial charge in [0.15, 0.2) is 5.58 Å². The number of benzene rings is 1. The molecule has 1 N–H and O–H groups in total. The van der Waals surface area contributed by atoms with Crippen molar-refractivity contribution >= 4 is 44.1 Å². The lowest BCUT2D eigenvalue weighted by Gasteiger charge is -2.15. The molecule has 0 aliphatic heterocycles. The van der Waals surface area contributed by atoms with Crippen molar-refractivity contribution < 1.29 is 17.6 Å². The van der Waals surface area contributed by atoms with Crippen LogP contribution >= 0.6 is 11.3 Å². The van der Waals surface area contributed by atoms with Crippen molar-refractivity contribution in [1.29, 1.82) is 0 Å². The van der Waals surface area contributed by atoms with Gasteiger partial charge in [-0.25, -0.2) is 13.4 Å². The van der Waals surface area contributed by atoms with E-state index < -0.39 is 15.9 Å². The van der Waals surface area contributed by atoms with Gasteiger partial charge < -0.3 is 9.73 Å². The first kappa shape index (κ1) is 19.5. The number of hydrogen-bond donors (Lipinski definition) is 1. The van der Waals surface area contributed by atoms with Crippen molar-refractivity contribution in [3.63, 3.8) is 0 Å². The Labute approximate surface area is 162 Å². The summed E-state index contributed by atoms with van der Waals surface area (Å²) in [6, 6.07) is 8.31. The van der Waals surface area contributed by atoms with Crippen molar-refractivity contribution in [3.05, 3.63) is 41.6 Å². The third kappa shape index (κ3) is 4.20. The number of fused-ring (bicyclic) bond motifs is 1. The summed E-state index contributed by atoms with van der Waals surface area (Å²) >= 11 is 1.11. The molecule has 9 heteroatoms. The Bertz CT molecular complexity index is 1060. The lowest BCUT2D eigenvalue weighted by molar-refractivity contribution is -0.116. The summed E-state index contributed by atoms with van der Waals surface area (Å²) in [5.74, 6) is 0.180. The Hall–Kier alpha value is -2.23. The number of nitrogens with zero attached hydrogens (tertiary/aromatic N) is 2. The number of aromatic nitrogens is 1. The second kappa shape index (κ2) is 7.06. The first-order valence-electron chi connectivity index (χ1n) is 8.28. The maximum Gasteiger partial charge on any atom is 0.252 e. The van der Waals surface area contributed by atoms with Crippen LogP contribution in [0.25, 0.3) is 11.1 Å². The second-order valence-electron chi connectivity index (χ2n) is 7.19. The Morgan fingerprint density at radius 2 is 2.04 bits per heavy atom. The number of sulfonamides is 1. The lowest BCUT2D eigenvalue weighted by atomic mass is 9.97. The number of anilines is 1. The molecular weight excluding hydrogens is 386 g/mol. The predicted molar refractivity (Wildman–Crippen MR) is 105 cm³/mol. The smallest absolute Gasteiger partial charge is 0.252 e. The van der Waals surface area contributed by atoms with Crippen molar-refractivity contribution in [3.8, 4) is 0 Å². The highest BCUT2D eigenvalue weighted by atomic mass is 32.2. The number of carbonyl (C=O) groups is 1. The molecule has 27 heavy (non-hydrogen) atoms. The van der Waals surface area contributed by atoms with E-state index in [9.17, 15) is 13.2 Å². The molecule has 2 heterocycles. The van der Waals surface area contributed by atoms with Crippen LogP contribution in [0.3, 0.4) is 0 Å². The zero-order valence-electron chi connectivity index (χ0n) is 15.5. The molecule has 7 nitrogen and oxygen atoms in total. The Morgan fingerprint density at radius 3 is 2.67 bits per heavy atom. The second-order valence-corrected chi connectivity index (χ2v) is 10.4. The Morgan fingerprint density at radius 1 is 1.30 bits per heavy atom. The number of thiophene rings is 1. The van der Waals surface area contributed by atoms with E-state index in [-0.39, 0.29) is 16.2 Å². The minimum Gasteiger partial charge on any atom is -0.440 e.